The topological polar surface area (TPSA) is 166 Å². The van der Waals surface area contributed by atoms with E-state index in [4.69, 9.17) is 14.2 Å². The Balaban J connectivity index is 1.60. The minimum atomic E-state index is -4.16. The fourth-order valence-electron chi connectivity index (χ4n) is 3.77. The first kappa shape index (κ1) is 30.7. The van der Waals surface area contributed by atoms with Gasteiger partial charge >= 0.3 is 5.97 Å². The molecule has 224 valence electrons. The highest BCUT2D eigenvalue weighted by Gasteiger charge is 2.24. The Kier molecular flexibility index (Phi) is 9.58. The summed E-state index contributed by atoms with van der Waals surface area (Å²) < 4.78 is 72.9. The zero-order valence-electron chi connectivity index (χ0n) is 23.0. The van der Waals surface area contributed by atoms with Gasteiger partial charge in [0.15, 0.2) is 6.61 Å². The van der Waals surface area contributed by atoms with Crippen LogP contribution >= 0.6 is 0 Å². The van der Waals surface area contributed by atoms with Crippen LogP contribution in [0.5, 0.6) is 11.5 Å². The summed E-state index contributed by atoms with van der Waals surface area (Å²) in [5.41, 5.74) is -0.430. The van der Waals surface area contributed by atoms with E-state index >= 15 is 0 Å². The van der Waals surface area contributed by atoms with Gasteiger partial charge in [-0.3, -0.25) is 14.2 Å². The number of hydrogen-bond acceptors (Lipinski definition) is 9. The predicted octanol–water partition coefficient (Wildman–Crippen LogP) is 3.52. The molecule has 0 heterocycles. The smallest absolute Gasteiger partial charge is 0.338 e. The average Bonchev–Trinajstić information content (AvgIpc) is 3.76. The van der Waals surface area contributed by atoms with Crippen molar-refractivity contribution in [3.05, 3.63) is 72.3 Å². The molecule has 12 nitrogen and oxygen atoms in total. The first-order valence-electron chi connectivity index (χ1n) is 13.1. The van der Waals surface area contributed by atoms with Gasteiger partial charge in [-0.25, -0.2) is 21.6 Å². The molecule has 0 saturated heterocycles. The van der Waals surface area contributed by atoms with Crippen LogP contribution in [0, 0.1) is 0 Å². The Morgan fingerprint density at radius 2 is 1.19 bits per heavy atom. The normalized spacial score (nSPS) is 13.1. The van der Waals surface area contributed by atoms with Crippen molar-refractivity contribution in [2.24, 2.45) is 0 Å². The number of ether oxygens (including phenoxy) is 3. The minimum absolute atomic E-state index is 0.0696. The molecule has 0 atom stereocenters. The van der Waals surface area contributed by atoms with E-state index in [0.717, 1.165) is 12.8 Å². The Hall–Kier alpha value is -4.30. The van der Waals surface area contributed by atoms with Gasteiger partial charge in [0.25, 0.3) is 26.0 Å². The van der Waals surface area contributed by atoms with Crippen LogP contribution in [0.2, 0.25) is 0 Å². The van der Waals surface area contributed by atoms with E-state index in [2.05, 4.69) is 14.8 Å². The number of esters is 1. The summed E-state index contributed by atoms with van der Waals surface area (Å²) >= 11 is 0. The van der Waals surface area contributed by atoms with Gasteiger partial charge in [-0.05, 0) is 93.4 Å². The van der Waals surface area contributed by atoms with E-state index in [1.807, 2.05) is 0 Å². The molecule has 0 bridgehead atoms. The quantitative estimate of drug-likeness (QED) is 0.229. The fraction of sp³-hybridized carbons (Fsp3) is 0.286. The zero-order valence-corrected chi connectivity index (χ0v) is 24.6. The number of rotatable bonds is 14. The maximum Gasteiger partial charge on any atom is 0.338 e. The third-order valence-electron chi connectivity index (χ3n) is 5.84. The number of carbonyl (C=O) groups is 2. The number of benzene rings is 3. The Morgan fingerprint density at radius 1 is 0.738 bits per heavy atom. The lowest BCUT2D eigenvalue weighted by Gasteiger charge is -2.14. The SMILES string of the molecule is CCOc1ccc(S(=O)(=O)Nc2cc(NS(=O)(=O)c3ccc(OCC)cc3)cc(C(=O)OCC(=O)NC3CC3)c2)cc1. The molecule has 0 aromatic heterocycles. The van der Waals surface area contributed by atoms with Crippen molar-refractivity contribution < 1.29 is 40.6 Å². The highest BCUT2D eigenvalue weighted by molar-refractivity contribution is 7.93. The fourth-order valence-corrected chi connectivity index (χ4v) is 5.85. The number of amides is 1. The van der Waals surface area contributed by atoms with Gasteiger partial charge in [-0.1, -0.05) is 0 Å². The monoisotopic (exact) mass is 617 g/mol. The standard InChI is InChI=1S/C28H31N3O9S2/c1-3-38-23-7-11-25(12-8-23)41(34,35)30-21-15-19(28(33)40-18-27(32)29-20-5-6-20)16-22(17-21)31-42(36,37)26-13-9-24(10-14-26)39-4-2/h7-17,20,30-31H,3-6,18H2,1-2H3,(H,29,32). The summed E-state index contributed by atoms with van der Waals surface area (Å²) in [5.74, 6) is -0.463. The predicted molar refractivity (Wildman–Crippen MR) is 155 cm³/mol. The molecule has 0 unspecified atom stereocenters. The third kappa shape index (κ3) is 8.36. The number of anilines is 2. The van der Waals surface area contributed by atoms with Crippen molar-refractivity contribution in [1.82, 2.24) is 5.32 Å². The molecule has 3 aromatic carbocycles. The first-order valence-corrected chi connectivity index (χ1v) is 16.1. The lowest BCUT2D eigenvalue weighted by atomic mass is 10.2. The lowest BCUT2D eigenvalue weighted by molar-refractivity contribution is -0.124. The average molecular weight is 618 g/mol. The van der Waals surface area contributed by atoms with Crippen LogP contribution in [0.4, 0.5) is 11.4 Å². The molecule has 0 radical (unpaired) electrons. The van der Waals surface area contributed by atoms with Crippen LogP contribution in [-0.2, 0) is 29.6 Å². The second-order valence-electron chi connectivity index (χ2n) is 9.24. The van der Waals surface area contributed by atoms with Gasteiger partial charge in [-0.15, -0.1) is 0 Å². The molecule has 42 heavy (non-hydrogen) atoms. The molecule has 1 fully saturated rings. The summed E-state index contributed by atoms with van der Waals surface area (Å²) in [4.78, 5) is 24.7. The van der Waals surface area contributed by atoms with E-state index in [-0.39, 0.29) is 32.8 Å². The number of sulfonamides is 2. The van der Waals surface area contributed by atoms with Crippen LogP contribution in [0.15, 0.2) is 76.5 Å². The molecule has 4 rings (SSSR count). The molecular formula is C28H31N3O9S2. The lowest BCUT2D eigenvalue weighted by Crippen LogP contribution is -2.30. The second kappa shape index (κ2) is 13.1. The van der Waals surface area contributed by atoms with Gasteiger partial charge in [0, 0.05) is 6.04 Å². The molecule has 1 aliphatic carbocycles. The van der Waals surface area contributed by atoms with Gasteiger partial charge in [0.1, 0.15) is 11.5 Å². The van der Waals surface area contributed by atoms with Crippen LogP contribution < -0.4 is 24.2 Å². The molecule has 1 saturated carbocycles. The summed E-state index contributed by atoms with van der Waals surface area (Å²) in [5, 5.41) is 2.69. The van der Waals surface area contributed by atoms with Crippen molar-refractivity contribution in [3.63, 3.8) is 0 Å². The van der Waals surface area contributed by atoms with Gasteiger partial charge in [-0.2, -0.15) is 0 Å². The Labute approximate surface area is 244 Å². The largest absolute Gasteiger partial charge is 0.494 e. The number of carbonyl (C=O) groups excluding carboxylic acids is 2. The second-order valence-corrected chi connectivity index (χ2v) is 12.6. The minimum Gasteiger partial charge on any atom is -0.494 e. The van der Waals surface area contributed by atoms with Crippen LogP contribution in [0.1, 0.15) is 37.0 Å². The van der Waals surface area contributed by atoms with E-state index in [0.29, 0.717) is 24.7 Å². The molecule has 1 amide bonds. The number of hydrogen-bond donors (Lipinski definition) is 3. The van der Waals surface area contributed by atoms with Crippen LogP contribution in [0.3, 0.4) is 0 Å². The van der Waals surface area contributed by atoms with Crippen LogP contribution in [0.25, 0.3) is 0 Å². The molecule has 1 aliphatic rings. The Bertz CT molecular complexity index is 1540. The van der Waals surface area contributed by atoms with Crippen molar-refractivity contribution in [2.45, 2.75) is 42.5 Å². The molecular weight excluding hydrogens is 586 g/mol. The summed E-state index contributed by atoms with van der Waals surface area (Å²) in [6, 6.07) is 15.0. The molecule has 0 spiro atoms. The maximum absolute atomic E-state index is 13.1. The zero-order chi connectivity index (χ0) is 30.3. The molecule has 0 aliphatic heterocycles. The third-order valence-corrected chi connectivity index (χ3v) is 8.63. The molecule has 14 heteroatoms. The summed E-state index contributed by atoms with van der Waals surface area (Å²) in [6.07, 6.45) is 1.71. The van der Waals surface area contributed by atoms with E-state index < -0.39 is 38.5 Å². The molecule has 3 aromatic rings. The summed E-state index contributed by atoms with van der Waals surface area (Å²) in [7, 11) is -8.31. The summed E-state index contributed by atoms with van der Waals surface area (Å²) in [6.45, 7) is 3.86. The van der Waals surface area contributed by atoms with E-state index in [1.54, 1.807) is 13.8 Å². The van der Waals surface area contributed by atoms with E-state index in [1.165, 1.54) is 66.7 Å². The van der Waals surface area contributed by atoms with Crippen molar-refractivity contribution in [2.75, 3.05) is 29.3 Å². The van der Waals surface area contributed by atoms with Gasteiger partial charge in [0.2, 0.25) is 0 Å². The van der Waals surface area contributed by atoms with Crippen molar-refractivity contribution in [1.29, 1.82) is 0 Å². The Morgan fingerprint density at radius 3 is 1.60 bits per heavy atom. The van der Waals surface area contributed by atoms with Crippen molar-refractivity contribution >= 4 is 43.3 Å². The van der Waals surface area contributed by atoms with Crippen LogP contribution in [-0.4, -0.2) is 54.6 Å². The van der Waals surface area contributed by atoms with Gasteiger partial charge in [0.05, 0.1) is 39.9 Å². The molecule has 3 N–H and O–H groups in total. The highest BCUT2D eigenvalue weighted by atomic mass is 32.2. The first-order chi connectivity index (χ1) is 20.0. The van der Waals surface area contributed by atoms with Gasteiger partial charge < -0.3 is 19.5 Å². The highest BCUT2D eigenvalue weighted by Crippen LogP contribution is 2.26. The number of nitrogens with one attached hydrogen (secondary N) is 3. The maximum atomic E-state index is 13.1. The van der Waals surface area contributed by atoms with Crippen molar-refractivity contribution in [3.8, 4) is 11.5 Å². The van der Waals surface area contributed by atoms with E-state index in [9.17, 15) is 26.4 Å².